The van der Waals surface area contributed by atoms with Crippen LogP contribution in [0.2, 0.25) is 10.0 Å². The van der Waals surface area contributed by atoms with Gasteiger partial charge in [-0.1, -0.05) is 62.7 Å². The highest BCUT2D eigenvalue weighted by atomic mass is 127. The molecule has 0 bridgehead atoms. The molecule has 1 heterocycles. The summed E-state index contributed by atoms with van der Waals surface area (Å²) in [5, 5.41) is 16.0. The van der Waals surface area contributed by atoms with E-state index >= 15 is 0 Å². The number of carbonyl (C=O) groups is 2. The zero-order chi connectivity index (χ0) is 27.3. The highest BCUT2D eigenvalue weighted by molar-refractivity contribution is 14.1. The van der Waals surface area contributed by atoms with Crippen LogP contribution in [0.3, 0.4) is 0 Å². The molecule has 3 rings (SSSR count). The second kappa shape index (κ2) is 13.3. The van der Waals surface area contributed by atoms with Crippen molar-refractivity contribution in [1.29, 1.82) is 0 Å². The lowest BCUT2D eigenvalue weighted by atomic mass is 10.0. The number of benzene rings is 2. The van der Waals surface area contributed by atoms with Gasteiger partial charge in [-0.2, -0.15) is 0 Å². The highest BCUT2D eigenvalue weighted by Crippen LogP contribution is 2.28. The van der Waals surface area contributed by atoms with Gasteiger partial charge in [-0.05, 0) is 82.8 Å². The predicted molar refractivity (Wildman–Crippen MR) is 160 cm³/mol. The molecule has 2 aromatic carbocycles. The number of hydrogen-bond acceptors (Lipinski definition) is 5. The van der Waals surface area contributed by atoms with E-state index in [9.17, 15) is 9.59 Å². The number of halogens is 3. The van der Waals surface area contributed by atoms with E-state index in [4.69, 9.17) is 23.2 Å². The van der Waals surface area contributed by atoms with Crippen LogP contribution < -0.4 is 10.6 Å². The highest BCUT2D eigenvalue weighted by Gasteiger charge is 2.24. The van der Waals surface area contributed by atoms with E-state index in [1.807, 2.05) is 23.7 Å². The lowest BCUT2D eigenvalue weighted by Gasteiger charge is -2.20. The number of rotatable bonds is 10. The van der Waals surface area contributed by atoms with E-state index in [1.54, 1.807) is 12.1 Å². The molecule has 2 N–H and O–H groups in total. The SMILES string of the molecule is CC(C)C[C@H](NC(=O)c1ccc(Cl)cc1Cl)c1nnc(SCC(=O)Nc2ccc(I)cc2C(C)C)n1C. The second-order valence-corrected chi connectivity index (χ2v) is 12.4. The third-order valence-corrected chi connectivity index (χ3v) is 7.85. The maximum Gasteiger partial charge on any atom is 0.253 e. The van der Waals surface area contributed by atoms with Crippen LogP contribution in [0.4, 0.5) is 5.69 Å². The normalized spacial score (nSPS) is 12.2. The lowest BCUT2D eigenvalue weighted by molar-refractivity contribution is -0.113. The van der Waals surface area contributed by atoms with Crippen LogP contribution >= 0.6 is 57.6 Å². The summed E-state index contributed by atoms with van der Waals surface area (Å²) in [7, 11) is 1.83. The molecule has 7 nitrogen and oxygen atoms in total. The van der Waals surface area contributed by atoms with Crippen molar-refractivity contribution in [3.63, 3.8) is 0 Å². The summed E-state index contributed by atoms with van der Waals surface area (Å²) >= 11 is 15.8. The van der Waals surface area contributed by atoms with Gasteiger partial charge < -0.3 is 15.2 Å². The molecule has 0 spiro atoms. The molecule has 3 aromatic rings. The molecule has 11 heteroatoms. The molecular weight excluding hydrogens is 644 g/mol. The molecule has 2 amide bonds. The monoisotopic (exact) mass is 673 g/mol. The summed E-state index contributed by atoms with van der Waals surface area (Å²) in [5.41, 5.74) is 2.25. The minimum atomic E-state index is -0.389. The molecule has 0 fully saturated rings. The molecule has 0 aliphatic rings. The summed E-state index contributed by atoms with van der Waals surface area (Å²) in [4.78, 5) is 25.7. The van der Waals surface area contributed by atoms with E-state index in [2.05, 4.69) is 77.2 Å². The number of hydrogen-bond donors (Lipinski definition) is 2. The Morgan fingerprint density at radius 1 is 1.08 bits per heavy atom. The Morgan fingerprint density at radius 3 is 2.46 bits per heavy atom. The van der Waals surface area contributed by atoms with Gasteiger partial charge in [0, 0.05) is 21.3 Å². The van der Waals surface area contributed by atoms with Crippen LogP contribution in [0.1, 0.15) is 67.8 Å². The molecule has 0 saturated heterocycles. The van der Waals surface area contributed by atoms with E-state index < -0.39 is 0 Å². The Bertz CT molecular complexity index is 1280. The topological polar surface area (TPSA) is 88.9 Å². The van der Waals surface area contributed by atoms with Gasteiger partial charge in [-0.15, -0.1) is 10.2 Å². The summed E-state index contributed by atoms with van der Waals surface area (Å²) < 4.78 is 2.95. The van der Waals surface area contributed by atoms with Gasteiger partial charge in [-0.25, -0.2) is 0 Å². The fraction of sp³-hybridized carbons (Fsp3) is 0.385. The van der Waals surface area contributed by atoms with Crippen molar-refractivity contribution >= 4 is 75.1 Å². The smallest absolute Gasteiger partial charge is 0.253 e. The maximum atomic E-state index is 13.0. The van der Waals surface area contributed by atoms with Crippen molar-refractivity contribution in [3.05, 3.63) is 67.0 Å². The maximum absolute atomic E-state index is 13.0. The summed E-state index contributed by atoms with van der Waals surface area (Å²) in [6.07, 6.45) is 0.652. The summed E-state index contributed by atoms with van der Waals surface area (Å²) in [5.74, 6) is 0.916. The number of nitrogens with zero attached hydrogens (tertiary/aromatic N) is 3. The Balaban J connectivity index is 1.71. The standard InChI is InChI=1S/C26H30Cl2IN5O2S/c1-14(2)10-22(31-25(36)18-8-6-16(27)11-20(18)28)24-32-33-26(34(24)5)37-13-23(35)30-21-9-7-17(29)12-19(21)15(3)4/h6-9,11-12,14-15,22H,10,13H2,1-5H3,(H,30,35)(H,31,36)/t22-/m0/s1. The Hall–Kier alpha value is -1.82. The van der Waals surface area contributed by atoms with Crippen LogP contribution in [-0.4, -0.2) is 32.3 Å². The van der Waals surface area contributed by atoms with E-state index in [-0.39, 0.29) is 40.5 Å². The molecule has 1 atom stereocenters. The number of anilines is 1. The average molecular weight is 674 g/mol. The lowest BCUT2D eigenvalue weighted by Crippen LogP contribution is -2.31. The Labute approximate surface area is 245 Å². The van der Waals surface area contributed by atoms with Gasteiger partial charge in [0.2, 0.25) is 5.91 Å². The zero-order valence-corrected chi connectivity index (χ0v) is 25.8. The Morgan fingerprint density at radius 2 is 1.81 bits per heavy atom. The fourth-order valence-electron chi connectivity index (χ4n) is 3.81. The Kier molecular flexibility index (Phi) is 10.7. The number of aromatic nitrogens is 3. The van der Waals surface area contributed by atoms with Crippen LogP contribution in [-0.2, 0) is 11.8 Å². The largest absolute Gasteiger partial charge is 0.342 e. The first-order chi connectivity index (χ1) is 17.5. The van der Waals surface area contributed by atoms with Gasteiger partial charge in [0.05, 0.1) is 22.4 Å². The zero-order valence-electron chi connectivity index (χ0n) is 21.3. The van der Waals surface area contributed by atoms with Crippen molar-refractivity contribution < 1.29 is 9.59 Å². The first kappa shape index (κ1) is 29.7. The molecule has 0 unspecified atom stereocenters. The van der Waals surface area contributed by atoms with Crippen molar-refractivity contribution in [2.24, 2.45) is 13.0 Å². The molecule has 0 radical (unpaired) electrons. The number of amides is 2. The van der Waals surface area contributed by atoms with Gasteiger partial charge in [-0.3, -0.25) is 9.59 Å². The number of carbonyl (C=O) groups excluding carboxylic acids is 2. The summed E-state index contributed by atoms with van der Waals surface area (Å²) in [6, 6.07) is 10.4. The van der Waals surface area contributed by atoms with Crippen LogP contribution in [0.15, 0.2) is 41.6 Å². The third-order valence-electron chi connectivity index (χ3n) is 5.61. The molecule has 0 saturated carbocycles. The first-order valence-electron chi connectivity index (χ1n) is 11.8. The van der Waals surface area contributed by atoms with Crippen molar-refractivity contribution in [3.8, 4) is 0 Å². The predicted octanol–water partition coefficient (Wildman–Crippen LogP) is 7.10. The molecule has 198 valence electrons. The number of nitrogens with one attached hydrogen (secondary N) is 2. The van der Waals surface area contributed by atoms with E-state index in [0.717, 1.165) is 14.8 Å². The van der Waals surface area contributed by atoms with Crippen LogP contribution in [0.5, 0.6) is 0 Å². The van der Waals surface area contributed by atoms with Gasteiger partial charge in [0.15, 0.2) is 11.0 Å². The van der Waals surface area contributed by atoms with E-state index in [1.165, 1.54) is 17.8 Å². The van der Waals surface area contributed by atoms with Gasteiger partial charge in [0.25, 0.3) is 5.91 Å². The first-order valence-corrected chi connectivity index (χ1v) is 14.7. The van der Waals surface area contributed by atoms with Gasteiger partial charge in [0.1, 0.15) is 0 Å². The fourth-order valence-corrected chi connectivity index (χ4v) is 5.53. The van der Waals surface area contributed by atoms with Crippen LogP contribution in [0, 0.1) is 9.49 Å². The van der Waals surface area contributed by atoms with Crippen molar-refractivity contribution in [2.75, 3.05) is 11.1 Å². The molecule has 37 heavy (non-hydrogen) atoms. The minimum absolute atomic E-state index is 0.123. The van der Waals surface area contributed by atoms with Crippen molar-refractivity contribution in [1.82, 2.24) is 20.1 Å². The summed E-state index contributed by atoms with van der Waals surface area (Å²) in [6.45, 7) is 8.34. The minimum Gasteiger partial charge on any atom is -0.342 e. The number of thioether (sulfide) groups is 1. The average Bonchev–Trinajstić information content (AvgIpc) is 3.18. The third kappa shape index (κ3) is 8.08. The quantitative estimate of drug-likeness (QED) is 0.177. The van der Waals surface area contributed by atoms with Gasteiger partial charge >= 0.3 is 0 Å². The molecule has 1 aromatic heterocycles. The molecular formula is C26H30Cl2IN5O2S. The molecule has 0 aliphatic carbocycles. The van der Waals surface area contributed by atoms with E-state index in [0.29, 0.717) is 28.0 Å². The van der Waals surface area contributed by atoms with Crippen molar-refractivity contribution in [2.45, 2.75) is 51.2 Å². The second-order valence-electron chi connectivity index (χ2n) is 9.40. The molecule has 0 aliphatic heterocycles. The van der Waals surface area contributed by atoms with Crippen LogP contribution in [0.25, 0.3) is 0 Å².